The molecule has 2 aromatic heterocycles. The summed E-state index contributed by atoms with van der Waals surface area (Å²) in [4.78, 5) is 30.4. The van der Waals surface area contributed by atoms with Gasteiger partial charge in [0.1, 0.15) is 0 Å². The van der Waals surface area contributed by atoms with Crippen molar-refractivity contribution in [2.24, 2.45) is 0 Å². The number of aryl methyl sites for hydroxylation is 1. The van der Waals surface area contributed by atoms with Crippen molar-refractivity contribution in [2.45, 2.75) is 26.8 Å². The number of amides is 1. The summed E-state index contributed by atoms with van der Waals surface area (Å²) in [5, 5.41) is 2.87. The van der Waals surface area contributed by atoms with Crippen molar-refractivity contribution in [3.05, 3.63) is 68.1 Å². The molecule has 3 rings (SSSR count). The first-order chi connectivity index (χ1) is 11.6. The molecule has 1 amide bonds. The van der Waals surface area contributed by atoms with Gasteiger partial charge < -0.3 is 9.88 Å². The van der Waals surface area contributed by atoms with Gasteiger partial charge in [-0.25, -0.2) is 0 Å². The summed E-state index contributed by atoms with van der Waals surface area (Å²) in [7, 11) is 0. The molecule has 3 aromatic rings. The van der Waals surface area contributed by atoms with Gasteiger partial charge in [0.15, 0.2) is 0 Å². The second-order valence-electron chi connectivity index (χ2n) is 5.92. The number of carbonyl (C=O) groups excluding carboxylic acids is 1. The number of rotatable bonds is 5. The summed E-state index contributed by atoms with van der Waals surface area (Å²) in [5.41, 5.74) is 2.42. The van der Waals surface area contributed by atoms with Crippen LogP contribution in [-0.2, 0) is 6.54 Å². The highest BCUT2D eigenvalue weighted by molar-refractivity contribution is 7.12. The van der Waals surface area contributed by atoms with Crippen molar-refractivity contribution < 1.29 is 4.79 Å². The van der Waals surface area contributed by atoms with Crippen molar-refractivity contribution >= 4 is 28.1 Å². The maximum absolute atomic E-state index is 12.6. The van der Waals surface area contributed by atoms with Gasteiger partial charge in [-0.1, -0.05) is 25.1 Å². The minimum atomic E-state index is -0.131. The molecule has 1 N–H and O–H groups in total. The van der Waals surface area contributed by atoms with E-state index in [0.717, 1.165) is 22.9 Å². The molecule has 0 atom stereocenters. The number of fused-ring (bicyclic) bond motifs is 1. The Morgan fingerprint density at radius 1 is 1.25 bits per heavy atom. The van der Waals surface area contributed by atoms with Gasteiger partial charge in [0.2, 0.25) is 0 Å². The summed E-state index contributed by atoms with van der Waals surface area (Å²) >= 11 is 1.43. The van der Waals surface area contributed by atoms with Crippen LogP contribution in [0.15, 0.2) is 46.6 Å². The van der Waals surface area contributed by atoms with E-state index in [1.165, 1.54) is 11.3 Å². The van der Waals surface area contributed by atoms with Gasteiger partial charge in [-0.15, -0.1) is 11.3 Å². The Morgan fingerprint density at radius 3 is 2.79 bits per heavy atom. The van der Waals surface area contributed by atoms with Crippen LogP contribution in [0.4, 0.5) is 0 Å². The van der Waals surface area contributed by atoms with Gasteiger partial charge >= 0.3 is 0 Å². The second kappa shape index (κ2) is 7.01. The van der Waals surface area contributed by atoms with Gasteiger partial charge in [-0.05, 0) is 47.9 Å². The molecule has 0 saturated carbocycles. The zero-order valence-electron chi connectivity index (χ0n) is 13.8. The van der Waals surface area contributed by atoms with Crippen LogP contribution in [0, 0.1) is 6.92 Å². The van der Waals surface area contributed by atoms with Crippen LogP contribution in [0.1, 0.15) is 34.1 Å². The summed E-state index contributed by atoms with van der Waals surface area (Å²) in [6.07, 6.45) is 0.849. The van der Waals surface area contributed by atoms with Crippen molar-refractivity contribution in [3.8, 4) is 0 Å². The highest BCUT2D eigenvalue weighted by atomic mass is 32.1. The number of carbonyl (C=O) groups is 1. The molecule has 0 unspecified atom stereocenters. The van der Waals surface area contributed by atoms with Crippen LogP contribution < -0.4 is 5.56 Å². The average Bonchev–Trinajstić information content (AvgIpc) is 3.09. The fourth-order valence-corrected chi connectivity index (χ4v) is 3.45. The Labute approximate surface area is 144 Å². The molecule has 0 spiro atoms. The highest BCUT2D eigenvalue weighted by Crippen LogP contribution is 2.17. The molecule has 0 aliphatic heterocycles. The summed E-state index contributed by atoms with van der Waals surface area (Å²) < 4.78 is 0. The van der Waals surface area contributed by atoms with E-state index in [-0.39, 0.29) is 11.5 Å². The summed E-state index contributed by atoms with van der Waals surface area (Å²) in [6, 6.07) is 11.6. The largest absolute Gasteiger partial charge is 0.333 e. The first-order valence-electron chi connectivity index (χ1n) is 8.04. The van der Waals surface area contributed by atoms with Crippen molar-refractivity contribution in [3.63, 3.8) is 0 Å². The molecule has 1 aromatic carbocycles. The van der Waals surface area contributed by atoms with E-state index >= 15 is 0 Å². The third kappa shape index (κ3) is 3.41. The molecule has 2 heterocycles. The minimum Gasteiger partial charge on any atom is -0.333 e. The molecular formula is C19H20N2O2S. The number of H-pyrrole nitrogens is 1. The van der Waals surface area contributed by atoms with Gasteiger partial charge in [-0.3, -0.25) is 9.59 Å². The van der Waals surface area contributed by atoms with E-state index in [1.54, 1.807) is 4.90 Å². The third-order valence-electron chi connectivity index (χ3n) is 3.95. The van der Waals surface area contributed by atoms with Crippen LogP contribution in [0.3, 0.4) is 0 Å². The van der Waals surface area contributed by atoms with Crippen LogP contribution in [0.2, 0.25) is 0 Å². The number of nitrogens with zero attached hydrogens (tertiary/aromatic N) is 1. The zero-order valence-corrected chi connectivity index (χ0v) is 14.7. The lowest BCUT2D eigenvalue weighted by molar-refractivity contribution is 0.0747. The van der Waals surface area contributed by atoms with E-state index < -0.39 is 0 Å². The molecular weight excluding hydrogens is 320 g/mol. The lowest BCUT2D eigenvalue weighted by Gasteiger charge is -2.21. The molecule has 0 fully saturated rings. The van der Waals surface area contributed by atoms with Crippen LogP contribution in [-0.4, -0.2) is 22.3 Å². The van der Waals surface area contributed by atoms with Crippen molar-refractivity contribution in [1.82, 2.24) is 9.88 Å². The monoisotopic (exact) mass is 340 g/mol. The Kier molecular flexibility index (Phi) is 4.81. The smallest absolute Gasteiger partial charge is 0.264 e. The van der Waals surface area contributed by atoms with Gasteiger partial charge in [0, 0.05) is 17.6 Å². The number of nitrogens with one attached hydrogen (secondary N) is 1. The third-order valence-corrected chi connectivity index (χ3v) is 4.81. The molecule has 0 bridgehead atoms. The molecule has 4 nitrogen and oxygen atoms in total. The van der Waals surface area contributed by atoms with Crippen molar-refractivity contribution in [2.75, 3.05) is 6.54 Å². The standard InChI is InChI=1S/C19H20N2O2S/c1-3-8-21(19(23)17-5-4-9-24-17)12-15-11-14-7-6-13(2)10-16(14)20-18(15)22/h4-7,9-11H,3,8,12H2,1-2H3,(H,20,22). The number of benzene rings is 1. The molecule has 124 valence electrons. The van der Waals surface area contributed by atoms with E-state index in [2.05, 4.69) is 4.98 Å². The maximum atomic E-state index is 12.6. The van der Waals surface area contributed by atoms with Gasteiger partial charge in [0.25, 0.3) is 11.5 Å². The minimum absolute atomic E-state index is 0.0183. The van der Waals surface area contributed by atoms with E-state index in [4.69, 9.17) is 0 Å². The Morgan fingerprint density at radius 2 is 2.08 bits per heavy atom. The normalized spacial score (nSPS) is 10.9. The first kappa shape index (κ1) is 16.5. The lowest BCUT2D eigenvalue weighted by Crippen LogP contribution is -2.33. The van der Waals surface area contributed by atoms with Crippen LogP contribution in [0.25, 0.3) is 10.9 Å². The molecule has 24 heavy (non-hydrogen) atoms. The predicted molar refractivity (Wildman–Crippen MR) is 98.7 cm³/mol. The number of pyridine rings is 1. The van der Waals surface area contributed by atoms with Gasteiger partial charge in [0.05, 0.1) is 11.4 Å². The maximum Gasteiger partial charge on any atom is 0.264 e. The lowest BCUT2D eigenvalue weighted by atomic mass is 10.1. The first-order valence-corrected chi connectivity index (χ1v) is 8.92. The predicted octanol–water partition coefficient (Wildman–Crippen LogP) is 3.95. The van der Waals surface area contributed by atoms with Crippen LogP contribution in [0.5, 0.6) is 0 Å². The van der Waals surface area contributed by atoms with Crippen LogP contribution >= 0.6 is 11.3 Å². The van der Waals surface area contributed by atoms with Crippen molar-refractivity contribution in [1.29, 1.82) is 0 Å². The number of thiophene rings is 1. The molecule has 0 aliphatic carbocycles. The zero-order chi connectivity index (χ0) is 17.1. The second-order valence-corrected chi connectivity index (χ2v) is 6.87. The topological polar surface area (TPSA) is 53.2 Å². The van der Waals surface area contributed by atoms with E-state index in [9.17, 15) is 9.59 Å². The Balaban J connectivity index is 1.93. The summed E-state index contributed by atoms with van der Waals surface area (Å²) in [6.45, 7) is 4.97. The molecule has 0 aliphatic rings. The average molecular weight is 340 g/mol. The Bertz CT molecular complexity index is 913. The number of aromatic nitrogens is 1. The Hall–Kier alpha value is -2.40. The fourth-order valence-electron chi connectivity index (χ4n) is 2.76. The van der Waals surface area contributed by atoms with E-state index in [0.29, 0.717) is 23.5 Å². The summed E-state index contributed by atoms with van der Waals surface area (Å²) in [5.74, 6) is -0.0183. The SMILES string of the molecule is CCCN(Cc1cc2ccc(C)cc2[nH]c1=O)C(=O)c1cccs1. The number of hydrogen-bond acceptors (Lipinski definition) is 3. The molecule has 0 saturated heterocycles. The highest BCUT2D eigenvalue weighted by Gasteiger charge is 2.18. The van der Waals surface area contributed by atoms with Gasteiger partial charge in [-0.2, -0.15) is 0 Å². The number of hydrogen-bond donors (Lipinski definition) is 1. The molecule has 0 radical (unpaired) electrons. The number of aromatic amines is 1. The molecule has 5 heteroatoms. The van der Waals surface area contributed by atoms with E-state index in [1.807, 2.05) is 55.6 Å². The fraction of sp³-hybridized carbons (Fsp3) is 0.263. The quantitative estimate of drug-likeness (QED) is 0.764.